The summed E-state index contributed by atoms with van der Waals surface area (Å²) in [5.74, 6) is 3.85. The molecule has 14 heavy (non-hydrogen) atoms. The molecular formula is C9H18N2O3. The number of hydrogen-bond donors (Lipinski definition) is 2. The fraction of sp³-hybridized carbons (Fsp3) is 0.778. The van der Waals surface area contributed by atoms with Crippen molar-refractivity contribution in [3.8, 4) is 0 Å². The Kier molecular flexibility index (Phi) is 5.15. The lowest BCUT2D eigenvalue weighted by Crippen LogP contribution is -2.46. The van der Waals surface area contributed by atoms with Gasteiger partial charge in [-0.1, -0.05) is 13.3 Å². The first kappa shape index (κ1) is 12.9. The first-order chi connectivity index (χ1) is 6.46. The van der Waals surface area contributed by atoms with E-state index in [4.69, 9.17) is 10.6 Å². The predicted molar refractivity (Wildman–Crippen MR) is 52.0 cm³/mol. The maximum Gasteiger partial charge on any atom is 0.321 e. The summed E-state index contributed by atoms with van der Waals surface area (Å²) < 4.78 is 4.91. The van der Waals surface area contributed by atoms with Crippen molar-refractivity contribution in [1.82, 2.24) is 5.43 Å². The van der Waals surface area contributed by atoms with E-state index in [1.54, 1.807) is 0 Å². The second kappa shape index (κ2) is 5.59. The Hall–Kier alpha value is -1.10. The van der Waals surface area contributed by atoms with Crippen molar-refractivity contribution in [3.05, 3.63) is 0 Å². The summed E-state index contributed by atoms with van der Waals surface area (Å²) in [4.78, 5) is 22.6. The largest absolute Gasteiger partial charge is 0.465 e. The van der Waals surface area contributed by atoms with Gasteiger partial charge in [0, 0.05) is 0 Å². The summed E-state index contributed by atoms with van der Waals surface area (Å²) in [6.45, 7) is 5.29. The zero-order valence-electron chi connectivity index (χ0n) is 8.92. The summed E-state index contributed by atoms with van der Waals surface area (Å²) >= 11 is 0. The molecule has 0 aliphatic rings. The van der Waals surface area contributed by atoms with Crippen LogP contribution in [0.15, 0.2) is 0 Å². The number of esters is 1. The van der Waals surface area contributed by atoms with Gasteiger partial charge in [-0.15, -0.1) is 0 Å². The van der Waals surface area contributed by atoms with Crippen LogP contribution in [-0.4, -0.2) is 18.5 Å². The second-order valence-electron chi connectivity index (χ2n) is 3.59. The fourth-order valence-corrected chi connectivity index (χ4v) is 0.763. The number of rotatable bonds is 5. The molecule has 0 aliphatic carbocycles. The van der Waals surface area contributed by atoms with Gasteiger partial charge in [0.25, 0.3) is 5.91 Å². The normalized spacial score (nSPS) is 10.9. The van der Waals surface area contributed by atoms with Crippen LogP contribution in [0, 0.1) is 5.41 Å². The van der Waals surface area contributed by atoms with Crippen molar-refractivity contribution in [3.63, 3.8) is 0 Å². The number of carbonyl (C=O) groups excluding carboxylic acids is 2. The van der Waals surface area contributed by atoms with Crippen LogP contribution in [0.5, 0.6) is 0 Å². The summed E-state index contributed by atoms with van der Waals surface area (Å²) in [7, 11) is 0. The highest BCUT2D eigenvalue weighted by Gasteiger charge is 2.37. The molecule has 82 valence electrons. The number of amides is 1. The third kappa shape index (κ3) is 3.33. The standard InChI is InChI=1S/C9H18N2O3/c1-4-5-6-14-8(13)9(2,3)7(12)11-10/h4-6,10H2,1-3H3,(H,11,12). The van der Waals surface area contributed by atoms with E-state index in [0.717, 1.165) is 12.8 Å². The Morgan fingerprint density at radius 3 is 2.43 bits per heavy atom. The quantitative estimate of drug-likeness (QED) is 0.168. The van der Waals surface area contributed by atoms with Crippen molar-refractivity contribution in [2.45, 2.75) is 33.6 Å². The topological polar surface area (TPSA) is 81.4 Å². The molecule has 0 unspecified atom stereocenters. The minimum atomic E-state index is -1.22. The summed E-state index contributed by atoms with van der Waals surface area (Å²) in [6, 6.07) is 0. The third-order valence-electron chi connectivity index (χ3n) is 1.94. The molecule has 0 aliphatic heterocycles. The lowest BCUT2D eigenvalue weighted by Gasteiger charge is -2.19. The number of nitrogens with two attached hydrogens (primary N) is 1. The van der Waals surface area contributed by atoms with Crippen LogP contribution in [-0.2, 0) is 14.3 Å². The van der Waals surface area contributed by atoms with Crippen LogP contribution in [0.2, 0.25) is 0 Å². The van der Waals surface area contributed by atoms with Gasteiger partial charge in [0.2, 0.25) is 0 Å². The Morgan fingerprint density at radius 1 is 1.43 bits per heavy atom. The molecule has 0 bridgehead atoms. The van der Waals surface area contributed by atoms with Gasteiger partial charge < -0.3 is 4.74 Å². The fourth-order valence-electron chi connectivity index (χ4n) is 0.763. The van der Waals surface area contributed by atoms with Gasteiger partial charge in [-0.2, -0.15) is 0 Å². The van der Waals surface area contributed by atoms with E-state index in [1.807, 2.05) is 12.3 Å². The molecule has 5 heteroatoms. The van der Waals surface area contributed by atoms with Gasteiger partial charge in [-0.05, 0) is 20.3 Å². The van der Waals surface area contributed by atoms with Crippen molar-refractivity contribution >= 4 is 11.9 Å². The van der Waals surface area contributed by atoms with E-state index in [2.05, 4.69) is 0 Å². The van der Waals surface area contributed by atoms with Crippen molar-refractivity contribution < 1.29 is 14.3 Å². The van der Waals surface area contributed by atoms with Crippen LogP contribution >= 0.6 is 0 Å². The number of unbranched alkanes of at least 4 members (excludes halogenated alkanes) is 1. The zero-order chi connectivity index (χ0) is 11.2. The van der Waals surface area contributed by atoms with E-state index >= 15 is 0 Å². The van der Waals surface area contributed by atoms with Gasteiger partial charge in [0.1, 0.15) is 5.41 Å². The lowest BCUT2D eigenvalue weighted by molar-refractivity contribution is -0.159. The Balaban J connectivity index is 4.15. The first-order valence-electron chi connectivity index (χ1n) is 4.65. The highest BCUT2D eigenvalue weighted by atomic mass is 16.5. The number of hydrazine groups is 1. The minimum absolute atomic E-state index is 0.344. The number of hydrogen-bond acceptors (Lipinski definition) is 4. The molecule has 0 aromatic heterocycles. The number of carbonyl (C=O) groups is 2. The molecule has 0 rings (SSSR count). The van der Waals surface area contributed by atoms with Crippen LogP contribution in [0.4, 0.5) is 0 Å². The monoisotopic (exact) mass is 202 g/mol. The Labute approximate surface area is 84.0 Å². The van der Waals surface area contributed by atoms with E-state index in [9.17, 15) is 9.59 Å². The molecule has 0 heterocycles. The van der Waals surface area contributed by atoms with E-state index in [0.29, 0.717) is 6.61 Å². The maximum atomic E-state index is 11.4. The predicted octanol–water partition coefficient (Wildman–Crippen LogP) is 0.346. The average molecular weight is 202 g/mol. The highest BCUT2D eigenvalue weighted by Crippen LogP contribution is 2.17. The Bertz CT molecular complexity index is 214. The molecule has 3 N–H and O–H groups in total. The lowest BCUT2D eigenvalue weighted by atomic mass is 9.93. The molecule has 0 saturated carbocycles. The highest BCUT2D eigenvalue weighted by molar-refractivity contribution is 6.01. The molecule has 0 radical (unpaired) electrons. The molecule has 0 atom stereocenters. The average Bonchev–Trinajstić information content (AvgIpc) is 2.16. The molecule has 1 amide bonds. The van der Waals surface area contributed by atoms with Crippen molar-refractivity contribution in [2.24, 2.45) is 11.3 Å². The van der Waals surface area contributed by atoms with E-state index < -0.39 is 17.3 Å². The SMILES string of the molecule is CCCCOC(=O)C(C)(C)C(=O)NN. The summed E-state index contributed by atoms with van der Waals surface area (Å²) in [5.41, 5.74) is 0.717. The maximum absolute atomic E-state index is 11.4. The molecule has 0 aromatic carbocycles. The van der Waals surface area contributed by atoms with Crippen LogP contribution < -0.4 is 11.3 Å². The van der Waals surface area contributed by atoms with Crippen molar-refractivity contribution in [1.29, 1.82) is 0 Å². The summed E-state index contributed by atoms with van der Waals surface area (Å²) in [5, 5.41) is 0. The Morgan fingerprint density at radius 2 is 2.00 bits per heavy atom. The minimum Gasteiger partial charge on any atom is -0.465 e. The van der Waals surface area contributed by atoms with Gasteiger partial charge in [0.05, 0.1) is 6.61 Å². The smallest absolute Gasteiger partial charge is 0.321 e. The van der Waals surface area contributed by atoms with Crippen LogP contribution in [0.3, 0.4) is 0 Å². The molecule has 5 nitrogen and oxygen atoms in total. The summed E-state index contributed by atoms with van der Waals surface area (Å²) in [6.07, 6.45) is 1.74. The first-order valence-corrected chi connectivity index (χ1v) is 4.65. The number of ether oxygens (including phenoxy) is 1. The molecular weight excluding hydrogens is 184 g/mol. The van der Waals surface area contributed by atoms with E-state index in [1.165, 1.54) is 13.8 Å². The molecule has 0 saturated heterocycles. The van der Waals surface area contributed by atoms with Gasteiger partial charge >= 0.3 is 5.97 Å². The number of nitrogens with one attached hydrogen (secondary N) is 1. The van der Waals surface area contributed by atoms with Gasteiger partial charge in [-0.3, -0.25) is 15.0 Å². The third-order valence-corrected chi connectivity index (χ3v) is 1.94. The van der Waals surface area contributed by atoms with Crippen LogP contribution in [0.1, 0.15) is 33.6 Å². The van der Waals surface area contributed by atoms with Crippen molar-refractivity contribution in [2.75, 3.05) is 6.61 Å². The molecule has 0 fully saturated rings. The molecule has 0 spiro atoms. The van der Waals surface area contributed by atoms with Gasteiger partial charge in [0.15, 0.2) is 0 Å². The van der Waals surface area contributed by atoms with Gasteiger partial charge in [-0.25, -0.2) is 5.84 Å². The van der Waals surface area contributed by atoms with Crippen LogP contribution in [0.25, 0.3) is 0 Å². The van der Waals surface area contributed by atoms with E-state index in [-0.39, 0.29) is 0 Å². The zero-order valence-corrected chi connectivity index (χ0v) is 8.92. The molecule has 0 aromatic rings. The second-order valence-corrected chi connectivity index (χ2v) is 3.59.